The number of nitrogens with one attached hydrogen (secondary N) is 2. The van der Waals surface area contributed by atoms with Crippen LogP contribution in [0.25, 0.3) is 0 Å². The Labute approximate surface area is 105 Å². The van der Waals surface area contributed by atoms with Crippen molar-refractivity contribution in [2.24, 2.45) is 0 Å². The Hall–Kier alpha value is -1.21. The van der Waals surface area contributed by atoms with Crippen LogP contribution < -0.4 is 10.0 Å². The van der Waals surface area contributed by atoms with Gasteiger partial charge in [0.15, 0.2) is 11.6 Å². The number of hydrogen-bond donors (Lipinski definition) is 2. The fourth-order valence-electron chi connectivity index (χ4n) is 1.38. The van der Waals surface area contributed by atoms with Gasteiger partial charge < -0.3 is 5.32 Å². The molecule has 0 amide bonds. The molecular weight excluding hydrogens is 262 g/mol. The topological polar surface area (TPSA) is 58.2 Å². The Morgan fingerprint density at radius 1 is 1.17 bits per heavy atom. The quantitative estimate of drug-likeness (QED) is 0.746. The highest BCUT2D eigenvalue weighted by Gasteiger charge is 2.11. The van der Waals surface area contributed by atoms with Crippen molar-refractivity contribution in [3.63, 3.8) is 0 Å². The highest BCUT2D eigenvalue weighted by atomic mass is 32.2. The third-order valence-corrected chi connectivity index (χ3v) is 3.66. The Morgan fingerprint density at radius 3 is 2.50 bits per heavy atom. The zero-order valence-electron chi connectivity index (χ0n) is 10.0. The second-order valence-electron chi connectivity index (χ2n) is 3.86. The lowest BCUT2D eigenvalue weighted by Gasteiger charge is -2.08. The number of anilines is 1. The molecule has 1 aromatic rings. The molecule has 2 N–H and O–H groups in total. The van der Waals surface area contributed by atoms with Crippen LogP contribution in [0, 0.1) is 11.6 Å². The van der Waals surface area contributed by atoms with Gasteiger partial charge in [0, 0.05) is 6.07 Å². The molecular formula is C11H16F2N2O2S. The molecule has 0 radical (unpaired) electrons. The standard InChI is InChI=1S/C11H16F2N2O2S/c1-14-6-2-3-7-18(16,17)15-9-4-5-10(12)11(13)8-9/h4-5,8,14-15H,2-3,6-7H2,1H3. The van der Waals surface area contributed by atoms with Crippen LogP contribution in [0.15, 0.2) is 18.2 Å². The van der Waals surface area contributed by atoms with E-state index < -0.39 is 21.7 Å². The summed E-state index contributed by atoms with van der Waals surface area (Å²) in [5.74, 6) is -2.13. The zero-order chi connectivity index (χ0) is 13.6. The monoisotopic (exact) mass is 278 g/mol. The first-order chi connectivity index (χ1) is 8.44. The van der Waals surface area contributed by atoms with Crippen LogP contribution >= 0.6 is 0 Å². The number of rotatable bonds is 7. The summed E-state index contributed by atoms with van der Waals surface area (Å²) in [7, 11) is -1.73. The van der Waals surface area contributed by atoms with Crippen molar-refractivity contribution < 1.29 is 17.2 Å². The predicted molar refractivity (Wildman–Crippen MR) is 66.9 cm³/mol. The van der Waals surface area contributed by atoms with Crippen molar-refractivity contribution in [1.82, 2.24) is 5.32 Å². The summed E-state index contributed by atoms with van der Waals surface area (Å²) < 4.78 is 51.0. The van der Waals surface area contributed by atoms with Crippen LogP contribution in [0.1, 0.15) is 12.8 Å². The van der Waals surface area contributed by atoms with E-state index in [1.165, 1.54) is 6.07 Å². The summed E-state index contributed by atoms with van der Waals surface area (Å²) in [5.41, 5.74) is 0.0301. The van der Waals surface area contributed by atoms with E-state index in [1.807, 2.05) is 0 Å². The van der Waals surface area contributed by atoms with Crippen molar-refractivity contribution in [3.05, 3.63) is 29.8 Å². The number of benzene rings is 1. The van der Waals surface area contributed by atoms with E-state index in [1.54, 1.807) is 7.05 Å². The third-order valence-electron chi connectivity index (χ3n) is 2.28. The lowest BCUT2D eigenvalue weighted by atomic mass is 10.3. The Morgan fingerprint density at radius 2 is 1.89 bits per heavy atom. The maximum Gasteiger partial charge on any atom is 0.232 e. The Bertz CT molecular complexity index is 492. The average Bonchev–Trinajstić information content (AvgIpc) is 2.29. The number of hydrogen-bond acceptors (Lipinski definition) is 3. The highest BCUT2D eigenvalue weighted by molar-refractivity contribution is 7.92. The third kappa shape index (κ3) is 4.97. The second kappa shape index (κ2) is 6.65. The molecule has 1 aromatic carbocycles. The molecule has 0 fully saturated rings. The minimum Gasteiger partial charge on any atom is -0.320 e. The molecule has 0 aromatic heterocycles. The van der Waals surface area contributed by atoms with Crippen LogP contribution in [-0.2, 0) is 10.0 Å². The van der Waals surface area contributed by atoms with Crippen molar-refractivity contribution in [2.75, 3.05) is 24.1 Å². The summed E-state index contributed by atoms with van der Waals surface area (Å²) in [6.07, 6.45) is 1.23. The lowest BCUT2D eigenvalue weighted by Crippen LogP contribution is -2.18. The van der Waals surface area contributed by atoms with Gasteiger partial charge >= 0.3 is 0 Å². The first kappa shape index (κ1) is 14.8. The molecule has 0 spiro atoms. The summed E-state index contributed by atoms with van der Waals surface area (Å²) >= 11 is 0. The molecule has 0 aliphatic heterocycles. The molecule has 0 unspecified atom stereocenters. The average molecular weight is 278 g/mol. The molecule has 4 nitrogen and oxygen atoms in total. The van der Waals surface area contributed by atoms with Gasteiger partial charge in [0.25, 0.3) is 0 Å². The number of unbranched alkanes of at least 4 members (excludes halogenated alkanes) is 1. The van der Waals surface area contributed by atoms with Crippen molar-refractivity contribution >= 4 is 15.7 Å². The molecule has 0 bridgehead atoms. The molecule has 0 saturated heterocycles. The van der Waals surface area contributed by atoms with E-state index in [4.69, 9.17) is 0 Å². The van der Waals surface area contributed by atoms with E-state index in [2.05, 4.69) is 10.0 Å². The summed E-state index contributed by atoms with van der Waals surface area (Å²) in [6.45, 7) is 0.737. The van der Waals surface area contributed by atoms with Crippen LogP contribution in [0.2, 0.25) is 0 Å². The van der Waals surface area contributed by atoms with E-state index in [-0.39, 0.29) is 11.4 Å². The molecule has 0 aliphatic rings. The van der Waals surface area contributed by atoms with Crippen LogP contribution in [0.3, 0.4) is 0 Å². The number of sulfonamides is 1. The summed E-state index contributed by atoms with van der Waals surface area (Å²) in [4.78, 5) is 0. The van der Waals surface area contributed by atoms with Crippen molar-refractivity contribution in [2.45, 2.75) is 12.8 Å². The van der Waals surface area contributed by atoms with Gasteiger partial charge in [0.05, 0.1) is 11.4 Å². The molecule has 18 heavy (non-hydrogen) atoms. The van der Waals surface area contributed by atoms with Gasteiger partial charge in [-0.2, -0.15) is 0 Å². The van der Waals surface area contributed by atoms with E-state index in [0.29, 0.717) is 6.42 Å². The van der Waals surface area contributed by atoms with E-state index in [9.17, 15) is 17.2 Å². The van der Waals surface area contributed by atoms with Gasteiger partial charge in [-0.3, -0.25) is 4.72 Å². The molecule has 102 valence electrons. The fraction of sp³-hybridized carbons (Fsp3) is 0.455. The summed E-state index contributed by atoms with van der Waals surface area (Å²) in [5, 5.41) is 2.91. The smallest absolute Gasteiger partial charge is 0.232 e. The maximum atomic E-state index is 12.9. The zero-order valence-corrected chi connectivity index (χ0v) is 10.9. The maximum absolute atomic E-state index is 12.9. The van der Waals surface area contributed by atoms with Crippen molar-refractivity contribution in [3.8, 4) is 0 Å². The SMILES string of the molecule is CNCCCCS(=O)(=O)Nc1ccc(F)c(F)c1. The van der Waals surface area contributed by atoms with Gasteiger partial charge in [0.1, 0.15) is 0 Å². The summed E-state index contributed by atoms with van der Waals surface area (Å²) in [6, 6.07) is 2.89. The Balaban J connectivity index is 2.56. The molecule has 0 saturated carbocycles. The second-order valence-corrected chi connectivity index (χ2v) is 5.70. The van der Waals surface area contributed by atoms with Crippen LogP contribution in [0.4, 0.5) is 14.5 Å². The Kier molecular flexibility index (Phi) is 5.49. The molecule has 1 rings (SSSR count). The minimum atomic E-state index is -3.51. The molecule has 0 heterocycles. The van der Waals surface area contributed by atoms with E-state index >= 15 is 0 Å². The highest BCUT2D eigenvalue weighted by Crippen LogP contribution is 2.14. The fourth-order valence-corrected chi connectivity index (χ4v) is 2.56. The minimum absolute atomic E-state index is 0.0301. The lowest BCUT2D eigenvalue weighted by molar-refractivity contribution is 0.509. The normalized spacial score (nSPS) is 11.5. The van der Waals surface area contributed by atoms with Gasteiger partial charge in [-0.15, -0.1) is 0 Å². The number of halogens is 2. The van der Waals surface area contributed by atoms with Crippen LogP contribution in [0.5, 0.6) is 0 Å². The molecule has 0 atom stereocenters. The van der Waals surface area contributed by atoms with Gasteiger partial charge in [-0.1, -0.05) is 0 Å². The first-order valence-corrected chi connectivity index (χ1v) is 7.20. The van der Waals surface area contributed by atoms with Gasteiger partial charge in [0.2, 0.25) is 10.0 Å². The molecule has 0 aliphatic carbocycles. The van der Waals surface area contributed by atoms with Crippen LogP contribution in [-0.4, -0.2) is 27.8 Å². The predicted octanol–water partition coefficient (Wildman–Crippen LogP) is 1.71. The largest absolute Gasteiger partial charge is 0.320 e. The van der Waals surface area contributed by atoms with Gasteiger partial charge in [-0.25, -0.2) is 17.2 Å². The van der Waals surface area contributed by atoms with E-state index in [0.717, 1.165) is 25.1 Å². The molecule has 7 heteroatoms. The van der Waals surface area contributed by atoms with Gasteiger partial charge in [-0.05, 0) is 38.6 Å². The van der Waals surface area contributed by atoms with Crippen molar-refractivity contribution in [1.29, 1.82) is 0 Å². The first-order valence-electron chi connectivity index (χ1n) is 5.55.